The Morgan fingerprint density at radius 1 is 1.45 bits per heavy atom. The highest BCUT2D eigenvalue weighted by Crippen LogP contribution is 2.21. The molecule has 1 aliphatic heterocycles. The van der Waals surface area contributed by atoms with Gasteiger partial charge in [-0.05, 0) is 5.56 Å². The SMILES string of the molecule is CN=C1CO[C@@H](COCc2ccccc2)CC1(N)CO. The van der Waals surface area contributed by atoms with Gasteiger partial charge >= 0.3 is 0 Å². The first-order valence-electron chi connectivity index (χ1n) is 6.77. The Morgan fingerprint density at radius 3 is 2.85 bits per heavy atom. The Labute approximate surface area is 119 Å². The molecule has 0 bridgehead atoms. The molecule has 3 N–H and O–H groups in total. The van der Waals surface area contributed by atoms with Crippen molar-refractivity contribution in [1.82, 2.24) is 0 Å². The minimum absolute atomic E-state index is 0.110. The number of ether oxygens (including phenoxy) is 2. The van der Waals surface area contributed by atoms with E-state index in [4.69, 9.17) is 15.2 Å². The predicted molar refractivity (Wildman–Crippen MR) is 77.8 cm³/mol. The van der Waals surface area contributed by atoms with E-state index in [1.807, 2.05) is 30.3 Å². The molecule has 5 heteroatoms. The van der Waals surface area contributed by atoms with Crippen molar-refractivity contribution in [3.05, 3.63) is 35.9 Å². The second kappa shape index (κ2) is 6.95. The topological polar surface area (TPSA) is 77.1 Å². The Bertz CT molecular complexity index is 450. The van der Waals surface area contributed by atoms with E-state index in [1.54, 1.807) is 7.05 Å². The zero-order valence-corrected chi connectivity index (χ0v) is 11.8. The normalized spacial score (nSPS) is 28.8. The monoisotopic (exact) mass is 278 g/mol. The third kappa shape index (κ3) is 3.64. The fourth-order valence-corrected chi connectivity index (χ4v) is 2.36. The highest BCUT2D eigenvalue weighted by molar-refractivity contribution is 5.95. The van der Waals surface area contributed by atoms with Crippen molar-refractivity contribution in [2.45, 2.75) is 24.7 Å². The van der Waals surface area contributed by atoms with E-state index in [-0.39, 0.29) is 12.7 Å². The maximum Gasteiger partial charge on any atom is 0.0868 e. The van der Waals surface area contributed by atoms with Crippen LogP contribution in [0.1, 0.15) is 12.0 Å². The quantitative estimate of drug-likeness (QED) is 0.833. The molecule has 0 amide bonds. The van der Waals surface area contributed by atoms with Gasteiger partial charge in [0.2, 0.25) is 0 Å². The fourth-order valence-electron chi connectivity index (χ4n) is 2.36. The van der Waals surface area contributed by atoms with Crippen LogP contribution in [0.3, 0.4) is 0 Å². The Hall–Kier alpha value is -1.27. The van der Waals surface area contributed by atoms with Gasteiger partial charge in [-0.15, -0.1) is 0 Å². The number of aliphatic imine (C=N–C) groups is 1. The average Bonchev–Trinajstić information content (AvgIpc) is 2.48. The predicted octanol–water partition coefficient (Wildman–Crippen LogP) is 0.753. The number of aliphatic hydroxyl groups excluding tert-OH is 1. The van der Waals surface area contributed by atoms with Crippen molar-refractivity contribution in [3.63, 3.8) is 0 Å². The summed E-state index contributed by atoms with van der Waals surface area (Å²) < 4.78 is 11.3. The molecule has 1 aromatic carbocycles. The molecule has 1 aromatic rings. The van der Waals surface area contributed by atoms with Gasteiger partial charge in [-0.3, -0.25) is 4.99 Å². The summed E-state index contributed by atoms with van der Waals surface area (Å²) in [5.41, 5.74) is 7.22. The van der Waals surface area contributed by atoms with Crippen LogP contribution in [-0.2, 0) is 16.1 Å². The van der Waals surface area contributed by atoms with E-state index in [0.717, 1.165) is 5.56 Å². The summed E-state index contributed by atoms with van der Waals surface area (Å²) in [6.07, 6.45) is 0.409. The first kappa shape index (κ1) is 15.1. The lowest BCUT2D eigenvalue weighted by Gasteiger charge is -2.37. The summed E-state index contributed by atoms with van der Waals surface area (Å²) >= 11 is 0. The Kier molecular flexibility index (Phi) is 5.25. The molecule has 110 valence electrons. The molecule has 0 aromatic heterocycles. The van der Waals surface area contributed by atoms with E-state index in [2.05, 4.69) is 4.99 Å². The molecule has 5 nitrogen and oxygen atoms in total. The molecule has 1 heterocycles. The van der Waals surface area contributed by atoms with Crippen molar-refractivity contribution >= 4 is 5.71 Å². The zero-order chi connectivity index (χ0) is 14.4. The lowest BCUT2D eigenvalue weighted by Crippen LogP contribution is -2.59. The van der Waals surface area contributed by atoms with Crippen LogP contribution in [0.2, 0.25) is 0 Å². The maximum absolute atomic E-state index is 9.47. The van der Waals surface area contributed by atoms with Gasteiger partial charge in [0.05, 0.1) is 43.8 Å². The molecule has 1 saturated heterocycles. The molecule has 1 aliphatic rings. The standard InChI is InChI=1S/C15H22N2O3/c1-17-14-10-20-13(7-15(14,16)11-18)9-19-8-12-5-3-2-4-6-12/h2-6,13,18H,7-11,16H2,1H3/t13-,15?/m1/s1. The van der Waals surface area contributed by atoms with E-state index in [9.17, 15) is 5.11 Å². The number of nitrogens with zero attached hydrogens (tertiary/aromatic N) is 1. The van der Waals surface area contributed by atoms with E-state index in [0.29, 0.717) is 32.0 Å². The maximum atomic E-state index is 9.47. The molecule has 0 saturated carbocycles. The third-order valence-corrected chi connectivity index (χ3v) is 3.59. The van der Waals surface area contributed by atoms with E-state index < -0.39 is 5.54 Å². The van der Waals surface area contributed by atoms with Crippen LogP contribution in [0, 0.1) is 0 Å². The number of benzene rings is 1. The van der Waals surface area contributed by atoms with Crippen LogP contribution in [-0.4, -0.2) is 49.3 Å². The highest BCUT2D eigenvalue weighted by atomic mass is 16.5. The van der Waals surface area contributed by atoms with Crippen LogP contribution >= 0.6 is 0 Å². The molecular formula is C15H22N2O3. The van der Waals surface area contributed by atoms with Crippen molar-refractivity contribution < 1.29 is 14.6 Å². The van der Waals surface area contributed by atoms with Crippen LogP contribution in [0.5, 0.6) is 0 Å². The average molecular weight is 278 g/mol. The van der Waals surface area contributed by atoms with Gasteiger partial charge in [-0.2, -0.15) is 0 Å². The third-order valence-electron chi connectivity index (χ3n) is 3.59. The molecule has 20 heavy (non-hydrogen) atoms. The number of nitrogens with two attached hydrogens (primary N) is 1. The van der Waals surface area contributed by atoms with E-state index >= 15 is 0 Å². The minimum atomic E-state index is -0.784. The first-order chi connectivity index (χ1) is 9.68. The number of rotatable bonds is 5. The first-order valence-corrected chi connectivity index (χ1v) is 6.77. The van der Waals surface area contributed by atoms with Gasteiger partial charge in [-0.1, -0.05) is 30.3 Å². The summed E-state index contributed by atoms with van der Waals surface area (Å²) in [7, 11) is 1.67. The molecule has 0 aliphatic carbocycles. The molecule has 0 spiro atoms. The molecule has 1 unspecified atom stereocenters. The smallest absolute Gasteiger partial charge is 0.0868 e. The lowest BCUT2D eigenvalue weighted by atomic mass is 9.87. The number of aliphatic hydroxyl groups is 1. The summed E-state index contributed by atoms with van der Waals surface area (Å²) in [6.45, 7) is 1.24. The van der Waals surface area contributed by atoms with Gasteiger partial charge in [0.25, 0.3) is 0 Å². The Morgan fingerprint density at radius 2 is 2.20 bits per heavy atom. The molecule has 0 radical (unpaired) electrons. The van der Waals surface area contributed by atoms with Crippen molar-refractivity contribution in [1.29, 1.82) is 0 Å². The molecule has 2 rings (SSSR count). The second-order valence-corrected chi connectivity index (χ2v) is 5.12. The van der Waals surface area contributed by atoms with Crippen molar-refractivity contribution in [2.24, 2.45) is 10.7 Å². The summed E-state index contributed by atoms with van der Waals surface area (Å²) in [6, 6.07) is 9.98. The molecular weight excluding hydrogens is 256 g/mol. The van der Waals surface area contributed by atoms with Crippen LogP contribution in [0.4, 0.5) is 0 Å². The van der Waals surface area contributed by atoms with Gasteiger partial charge in [0, 0.05) is 13.5 Å². The van der Waals surface area contributed by atoms with Crippen LogP contribution < -0.4 is 5.73 Å². The van der Waals surface area contributed by atoms with Gasteiger partial charge in [-0.25, -0.2) is 0 Å². The summed E-state index contributed by atoms with van der Waals surface area (Å²) in [5, 5.41) is 9.47. The molecule has 1 fully saturated rings. The van der Waals surface area contributed by atoms with Gasteiger partial charge < -0.3 is 20.3 Å². The largest absolute Gasteiger partial charge is 0.394 e. The Balaban J connectivity index is 1.83. The second-order valence-electron chi connectivity index (χ2n) is 5.12. The fraction of sp³-hybridized carbons (Fsp3) is 0.533. The van der Waals surface area contributed by atoms with Gasteiger partial charge in [0.15, 0.2) is 0 Å². The van der Waals surface area contributed by atoms with Gasteiger partial charge in [0.1, 0.15) is 0 Å². The zero-order valence-electron chi connectivity index (χ0n) is 11.8. The summed E-state index contributed by atoms with van der Waals surface area (Å²) in [4.78, 5) is 4.10. The van der Waals surface area contributed by atoms with Crippen molar-refractivity contribution in [2.75, 3.05) is 26.9 Å². The minimum Gasteiger partial charge on any atom is -0.394 e. The highest BCUT2D eigenvalue weighted by Gasteiger charge is 2.38. The summed E-state index contributed by atoms with van der Waals surface area (Å²) in [5.74, 6) is 0. The number of hydrogen-bond donors (Lipinski definition) is 2. The van der Waals surface area contributed by atoms with Crippen LogP contribution in [0.25, 0.3) is 0 Å². The lowest BCUT2D eigenvalue weighted by molar-refractivity contribution is -0.0348. The van der Waals surface area contributed by atoms with E-state index in [1.165, 1.54) is 0 Å². The number of hydrogen-bond acceptors (Lipinski definition) is 5. The van der Waals surface area contributed by atoms with Crippen molar-refractivity contribution in [3.8, 4) is 0 Å². The van der Waals surface area contributed by atoms with Crippen LogP contribution in [0.15, 0.2) is 35.3 Å². The molecule has 2 atom stereocenters.